The van der Waals surface area contributed by atoms with Crippen LogP contribution in [0.1, 0.15) is 18.5 Å². The number of anilines is 1. The number of amides is 3. The van der Waals surface area contributed by atoms with Crippen molar-refractivity contribution in [3.8, 4) is 0 Å². The van der Waals surface area contributed by atoms with Crippen molar-refractivity contribution in [1.82, 2.24) is 10.6 Å². The Morgan fingerprint density at radius 2 is 1.71 bits per heavy atom. The molecule has 1 atom stereocenters. The summed E-state index contributed by atoms with van der Waals surface area (Å²) in [6.45, 7) is 1.74. The zero-order chi connectivity index (χ0) is 19.7. The highest BCUT2D eigenvalue weighted by atomic mass is 79.9. The molecule has 0 fully saturated rings. The van der Waals surface area contributed by atoms with E-state index in [9.17, 15) is 9.59 Å². The number of carbonyl (C=O) groups is 2. The highest BCUT2D eigenvalue weighted by Gasteiger charge is 2.32. The molecule has 3 amide bonds. The molecule has 1 heterocycles. The van der Waals surface area contributed by atoms with Crippen LogP contribution in [0.4, 0.5) is 10.5 Å². The fraction of sp³-hybridized carbons (Fsp3) is 0.0909. The summed E-state index contributed by atoms with van der Waals surface area (Å²) >= 11 is 3.39. The lowest BCUT2D eigenvalue weighted by molar-refractivity contribution is -0.113. The molecule has 3 aromatic carbocycles. The van der Waals surface area contributed by atoms with Crippen molar-refractivity contribution < 1.29 is 9.59 Å². The van der Waals surface area contributed by atoms with E-state index in [4.69, 9.17) is 0 Å². The first-order valence-electron chi connectivity index (χ1n) is 8.86. The molecule has 0 saturated carbocycles. The molecule has 0 aliphatic carbocycles. The second kappa shape index (κ2) is 7.48. The van der Waals surface area contributed by atoms with Crippen LogP contribution >= 0.6 is 15.9 Å². The normalized spacial score (nSPS) is 16.5. The summed E-state index contributed by atoms with van der Waals surface area (Å²) in [7, 11) is 0. The Balaban J connectivity index is 1.76. The average Bonchev–Trinajstić information content (AvgIpc) is 2.68. The third-order valence-electron chi connectivity index (χ3n) is 4.75. The molecule has 1 aliphatic heterocycles. The van der Waals surface area contributed by atoms with Gasteiger partial charge in [0.05, 0.1) is 11.6 Å². The number of nitrogens with one attached hydrogen (secondary N) is 3. The Bertz CT molecular complexity index is 1100. The van der Waals surface area contributed by atoms with E-state index in [1.165, 1.54) is 0 Å². The highest BCUT2D eigenvalue weighted by molar-refractivity contribution is 9.10. The molecule has 0 spiro atoms. The number of hydrogen-bond donors (Lipinski definition) is 3. The maximum Gasteiger partial charge on any atom is 0.319 e. The molecule has 5 nitrogen and oxygen atoms in total. The van der Waals surface area contributed by atoms with Gasteiger partial charge in [0.1, 0.15) is 0 Å². The molecule has 0 unspecified atom stereocenters. The van der Waals surface area contributed by atoms with E-state index in [1.54, 1.807) is 6.92 Å². The number of hydrogen-bond acceptors (Lipinski definition) is 2. The van der Waals surface area contributed by atoms with E-state index in [0.717, 1.165) is 20.8 Å². The summed E-state index contributed by atoms with van der Waals surface area (Å²) in [6.07, 6.45) is 0. The molecule has 140 valence electrons. The molecule has 0 aromatic heterocycles. The molecular weight excluding hydrogens is 418 g/mol. The fourth-order valence-electron chi connectivity index (χ4n) is 3.46. The minimum Gasteiger partial charge on any atom is -0.327 e. The summed E-state index contributed by atoms with van der Waals surface area (Å²) in [5.41, 5.74) is 2.59. The highest BCUT2D eigenvalue weighted by Crippen LogP contribution is 2.32. The number of urea groups is 1. The number of allylic oxidation sites excluding steroid dienone is 1. The van der Waals surface area contributed by atoms with E-state index in [-0.39, 0.29) is 11.9 Å². The zero-order valence-corrected chi connectivity index (χ0v) is 16.7. The Kier molecular flexibility index (Phi) is 4.88. The van der Waals surface area contributed by atoms with Gasteiger partial charge < -0.3 is 16.0 Å². The van der Waals surface area contributed by atoms with E-state index >= 15 is 0 Å². The van der Waals surface area contributed by atoms with Gasteiger partial charge in [0, 0.05) is 15.9 Å². The Morgan fingerprint density at radius 3 is 2.50 bits per heavy atom. The minimum atomic E-state index is -0.546. The smallest absolute Gasteiger partial charge is 0.319 e. The summed E-state index contributed by atoms with van der Waals surface area (Å²) in [6, 6.07) is 20.3. The van der Waals surface area contributed by atoms with Crippen LogP contribution in [0.15, 0.2) is 82.5 Å². The summed E-state index contributed by atoms with van der Waals surface area (Å²) < 4.78 is 0.932. The predicted octanol–water partition coefficient (Wildman–Crippen LogP) is 4.87. The van der Waals surface area contributed by atoms with Crippen molar-refractivity contribution >= 4 is 44.3 Å². The van der Waals surface area contributed by atoms with Crippen molar-refractivity contribution in [1.29, 1.82) is 0 Å². The predicted molar refractivity (Wildman–Crippen MR) is 114 cm³/mol. The van der Waals surface area contributed by atoms with Crippen LogP contribution in [0.5, 0.6) is 0 Å². The van der Waals surface area contributed by atoms with Gasteiger partial charge in [-0.25, -0.2) is 4.79 Å². The number of halogens is 1. The molecule has 6 heteroatoms. The van der Waals surface area contributed by atoms with Crippen molar-refractivity contribution in [3.63, 3.8) is 0 Å². The molecule has 4 rings (SSSR count). The van der Waals surface area contributed by atoms with Gasteiger partial charge in [0.2, 0.25) is 0 Å². The topological polar surface area (TPSA) is 70.2 Å². The third kappa shape index (κ3) is 3.51. The van der Waals surface area contributed by atoms with Gasteiger partial charge in [-0.3, -0.25) is 4.79 Å². The number of benzene rings is 3. The van der Waals surface area contributed by atoms with Crippen LogP contribution in [0.3, 0.4) is 0 Å². The Morgan fingerprint density at radius 1 is 1.00 bits per heavy atom. The third-order valence-corrected chi connectivity index (χ3v) is 5.28. The Labute approximate surface area is 171 Å². The van der Waals surface area contributed by atoms with Crippen molar-refractivity contribution in [3.05, 3.63) is 88.0 Å². The van der Waals surface area contributed by atoms with E-state index in [1.807, 2.05) is 66.7 Å². The molecule has 0 radical (unpaired) electrons. The number of rotatable bonds is 3. The molecule has 1 aliphatic rings. The van der Waals surface area contributed by atoms with Crippen LogP contribution in [0, 0.1) is 0 Å². The molecule has 3 N–H and O–H groups in total. The molecule has 0 saturated heterocycles. The van der Waals surface area contributed by atoms with Gasteiger partial charge in [0.15, 0.2) is 0 Å². The van der Waals surface area contributed by atoms with Gasteiger partial charge in [0.25, 0.3) is 5.91 Å². The SMILES string of the molecule is CC1=C(C(=O)Nc2ccc(Br)cc2)[C@H](c2cccc3ccccc23)NC(=O)N1. The van der Waals surface area contributed by atoms with E-state index < -0.39 is 6.04 Å². The lowest BCUT2D eigenvalue weighted by Crippen LogP contribution is -2.46. The van der Waals surface area contributed by atoms with Gasteiger partial charge >= 0.3 is 6.03 Å². The first kappa shape index (κ1) is 18.3. The second-order valence-electron chi connectivity index (χ2n) is 6.60. The maximum absolute atomic E-state index is 13.1. The molecule has 0 bridgehead atoms. The zero-order valence-electron chi connectivity index (χ0n) is 15.1. The van der Waals surface area contributed by atoms with Crippen LogP contribution in [0.2, 0.25) is 0 Å². The molecule has 28 heavy (non-hydrogen) atoms. The Hall–Kier alpha value is -3.12. The van der Waals surface area contributed by atoms with Crippen LogP contribution < -0.4 is 16.0 Å². The van der Waals surface area contributed by atoms with Crippen LogP contribution in [-0.4, -0.2) is 11.9 Å². The van der Waals surface area contributed by atoms with Crippen LogP contribution in [-0.2, 0) is 4.79 Å². The van der Waals surface area contributed by atoms with E-state index in [0.29, 0.717) is 17.0 Å². The maximum atomic E-state index is 13.1. The number of fused-ring (bicyclic) bond motifs is 1. The fourth-order valence-corrected chi connectivity index (χ4v) is 3.73. The van der Waals surface area contributed by atoms with Crippen molar-refractivity contribution in [2.75, 3.05) is 5.32 Å². The quantitative estimate of drug-likeness (QED) is 0.549. The van der Waals surface area contributed by atoms with E-state index in [2.05, 4.69) is 31.9 Å². The standard InChI is InChI=1S/C22H18BrN3O2/c1-13-19(21(27)25-16-11-9-15(23)10-12-16)20(26-22(28)24-13)18-8-4-6-14-5-2-3-7-17(14)18/h2-12,20H,1H3,(H,25,27)(H2,24,26,28)/t20-/m0/s1. The average molecular weight is 436 g/mol. The van der Waals surface area contributed by atoms with Crippen LogP contribution in [0.25, 0.3) is 10.8 Å². The molecular formula is C22H18BrN3O2. The first-order chi connectivity index (χ1) is 13.5. The van der Waals surface area contributed by atoms with Gasteiger partial charge in [-0.15, -0.1) is 0 Å². The lowest BCUT2D eigenvalue weighted by Gasteiger charge is -2.29. The second-order valence-corrected chi connectivity index (χ2v) is 7.52. The van der Waals surface area contributed by atoms with Gasteiger partial charge in [-0.05, 0) is 47.5 Å². The minimum absolute atomic E-state index is 0.259. The summed E-state index contributed by atoms with van der Waals surface area (Å²) in [4.78, 5) is 25.3. The van der Waals surface area contributed by atoms with Gasteiger partial charge in [-0.1, -0.05) is 58.4 Å². The summed E-state index contributed by atoms with van der Waals surface area (Å²) in [5, 5.41) is 10.6. The number of carbonyl (C=O) groups excluding carboxylic acids is 2. The lowest BCUT2D eigenvalue weighted by atomic mass is 9.91. The first-order valence-corrected chi connectivity index (χ1v) is 9.65. The van der Waals surface area contributed by atoms with Crippen molar-refractivity contribution in [2.24, 2.45) is 0 Å². The monoisotopic (exact) mass is 435 g/mol. The van der Waals surface area contributed by atoms with Crippen molar-refractivity contribution in [2.45, 2.75) is 13.0 Å². The molecule has 3 aromatic rings. The largest absolute Gasteiger partial charge is 0.327 e. The summed E-state index contributed by atoms with van der Waals surface area (Å²) in [5.74, 6) is -0.259. The van der Waals surface area contributed by atoms with Gasteiger partial charge in [-0.2, -0.15) is 0 Å².